The van der Waals surface area contributed by atoms with Gasteiger partial charge in [-0.15, -0.1) is 0 Å². The third-order valence-electron chi connectivity index (χ3n) is 4.97. The molecule has 12 heteroatoms. The molecule has 1 heterocycles. The number of rotatable bonds is 6. The first-order valence-electron chi connectivity index (χ1n) is 10.1. The summed E-state index contributed by atoms with van der Waals surface area (Å²) in [4.78, 5) is 38.8. The zero-order valence-electron chi connectivity index (χ0n) is 18.4. The van der Waals surface area contributed by atoms with Crippen molar-refractivity contribution in [1.82, 2.24) is 5.32 Å². The number of imide groups is 2. The Labute approximate surface area is 223 Å². The van der Waals surface area contributed by atoms with E-state index in [9.17, 15) is 22.8 Å². The summed E-state index contributed by atoms with van der Waals surface area (Å²) in [5.74, 6) is -1.79. The van der Waals surface area contributed by atoms with Crippen LogP contribution in [0.5, 0.6) is 11.5 Å². The molecule has 0 spiro atoms. The quantitative estimate of drug-likeness (QED) is 0.238. The van der Waals surface area contributed by atoms with E-state index in [2.05, 4.69) is 37.2 Å². The molecule has 0 unspecified atom stereocenters. The Morgan fingerprint density at radius 1 is 0.944 bits per heavy atom. The molecule has 1 N–H and O–H groups in total. The summed E-state index contributed by atoms with van der Waals surface area (Å²) in [5, 5.41) is 2.15. The summed E-state index contributed by atoms with van der Waals surface area (Å²) in [6.07, 6.45) is 1.26. The number of nitrogens with one attached hydrogen (secondary N) is 1. The first kappa shape index (κ1) is 25.6. The summed E-state index contributed by atoms with van der Waals surface area (Å²) in [6, 6.07) is 16.0. The Bertz CT molecular complexity index is 1510. The molecule has 0 saturated carbocycles. The molecular weight excluding hydrogens is 620 g/mol. The van der Waals surface area contributed by atoms with Crippen molar-refractivity contribution in [3.8, 4) is 11.5 Å². The van der Waals surface area contributed by atoms with E-state index in [0.717, 1.165) is 9.37 Å². The monoisotopic (exact) mass is 634 g/mol. The van der Waals surface area contributed by atoms with Crippen LogP contribution in [0.1, 0.15) is 5.56 Å². The van der Waals surface area contributed by atoms with Gasteiger partial charge in [0.2, 0.25) is 0 Å². The maximum atomic E-state index is 13.1. The molecule has 4 rings (SSSR count). The lowest BCUT2D eigenvalue weighted by molar-refractivity contribution is -0.122. The highest BCUT2D eigenvalue weighted by molar-refractivity contribution is 9.10. The largest absolute Gasteiger partial charge is 0.493 e. The first-order valence-corrected chi connectivity index (χ1v) is 13.1. The second-order valence-corrected chi connectivity index (χ2v) is 10.6. The number of halogens is 2. The molecule has 4 amide bonds. The van der Waals surface area contributed by atoms with Crippen LogP contribution in [0.15, 0.2) is 86.1 Å². The third kappa shape index (κ3) is 5.20. The maximum absolute atomic E-state index is 13.1. The molecule has 1 aliphatic heterocycles. The lowest BCUT2D eigenvalue weighted by Gasteiger charge is -2.26. The van der Waals surface area contributed by atoms with Gasteiger partial charge in [-0.25, -0.2) is 9.69 Å². The highest BCUT2D eigenvalue weighted by Gasteiger charge is 2.37. The number of barbiturate groups is 1. The molecule has 0 atom stereocenters. The number of anilines is 1. The molecule has 1 fully saturated rings. The lowest BCUT2D eigenvalue weighted by Crippen LogP contribution is -2.54. The number of amides is 4. The van der Waals surface area contributed by atoms with Crippen molar-refractivity contribution in [3.05, 3.63) is 86.8 Å². The molecule has 3 aromatic rings. The molecule has 184 valence electrons. The van der Waals surface area contributed by atoms with Crippen molar-refractivity contribution in [2.24, 2.45) is 0 Å². The number of ether oxygens (including phenoxy) is 1. The van der Waals surface area contributed by atoms with E-state index in [1.54, 1.807) is 42.5 Å². The van der Waals surface area contributed by atoms with Gasteiger partial charge in [-0.05, 0) is 76.1 Å². The van der Waals surface area contributed by atoms with Gasteiger partial charge in [0, 0.05) is 4.47 Å². The van der Waals surface area contributed by atoms with Gasteiger partial charge >= 0.3 is 16.1 Å². The van der Waals surface area contributed by atoms with E-state index in [4.69, 9.17) is 8.92 Å². The minimum atomic E-state index is -4.16. The van der Waals surface area contributed by atoms with Crippen molar-refractivity contribution < 1.29 is 31.7 Å². The number of carbonyl (C=O) groups is 3. The van der Waals surface area contributed by atoms with Crippen LogP contribution in [0.2, 0.25) is 0 Å². The van der Waals surface area contributed by atoms with Gasteiger partial charge in [0.1, 0.15) is 10.5 Å². The zero-order valence-corrected chi connectivity index (χ0v) is 22.4. The van der Waals surface area contributed by atoms with E-state index in [1.165, 1.54) is 37.5 Å². The van der Waals surface area contributed by atoms with Gasteiger partial charge in [-0.3, -0.25) is 14.9 Å². The molecule has 36 heavy (non-hydrogen) atoms. The van der Waals surface area contributed by atoms with E-state index in [-0.39, 0.29) is 32.1 Å². The number of benzene rings is 3. The van der Waals surface area contributed by atoms with Crippen molar-refractivity contribution in [3.63, 3.8) is 0 Å². The minimum absolute atomic E-state index is 0.0280. The van der Waals surface area contributed by atoms with E-state index in [0.29, 0.717) is 5.56 Å². The lowest BCUT2D eigenvalue weighted by atomic mass is 10.1. The Balaban J connectivity index is 1.70. The van der Waals surface area contributed by atoms with Crippen LogP contribution in [-0.4, -0.2) is 33.4 Å². The topological polar surface area (TPSA) is 119 Å². The minimum Gasteiger partial charge on any atom is -0.493 e. The van der Waals surface area contributed by atoms with Crippen LogP contribution in [-0.2, 0) is 19.7 Å². The second kappa shape index (κ2) is 10.2. The number of methoxy groups -OCH3 is 1. The van der Waals surface area contributed by atoms with Gasteiger partial charge < -0.3 is 8.92 Å². The van der Waals surface area contributed by atoms with E-state index in [1.807, 2.05) is 0 Å². The SMILES string of the molecule is COc1cc(/C=C2\C(=O)NC(=O)N(c3ccc(Br)cc3)C2=O)cc(Br)c1OS(=O)(=O)c1ccccc1. The molecule has 9 nitrogen and oxygen atoms in total. The number of hydrogen-bond donors (Lipinski definition) is 1. The first-order chi connectivity index (χ1) is 17.1. The standard InChI is InChI=1S/C24H16Br2N2O7S/c1-34-20-13-14(12-19(26)21(20)35-36(32,33)17-5-3-2-4-6-17)11-18-22(29)27-24(31)28(23(18)30)16-9-7-15(25)8-10-16/h2-13H,1H3,(H,27,29,31)/b18-11+. The zero-order chi connectivity index (χ0) is 26.0. The number of hydrogen-bond acceptors (Lipinski definition) is 7. The van der Waals surface area contributed by atoms with Gasteiger partial charge in [0.25, 0.3) is 11.8 Å². The van der Waals surface area contributed by atoms with Crippen molar-refractivity contribution >= 4 is 71.6 Å². The average molecular weight is 636 g/mol. The predicted octanol–water partition coefficient (Wildman–Crippen LogP) is 4.65. The van der Waals surface area contributed by atoms with Gasteiger partial charge in [-0.1, -0.05) is 34.1 Å². The van der Waals surface area contributed by atoms with Crippen LogP contribution in [0.4, 0.5) is 10.5 Å². The summed E-state index contributed by atoms with van der Waals surface area (Å²) < 4.78 is 36.9. The van der Waals surface area contributed by atoms with Gasteiger partial charge in [0.05, 0.1) is 17.3 Å². The molecule has 3 aromatic carbocycles. The van der Waals surface area contributed by atoms with Crippen molar-refractivity contribution in [1.29, 1.82) is 0 Å². The molecule has 0 radical (unpaired) electrons. The summed E-state index contributed by atoms with van der Waals surface area (Å²) in [5.41, 5.74) is 0.275. The smallest absolute Gasteiger partial charge is 0.339 e. The predicted molar refractivity (Wildman–Crippen MR) is 138 cm³/mol. The highest BCUT2D eigenvalue weighted by atomic mass is 79.9. The van der Waals surface area contributed by atoms with Crippen molar-refractivity contribution in [2.75, 3.05) is 12.0 Å². The van der Waals surface area contributed by atoms with Crippen LogP contribution in [0.3, 0.4) is 0 Å². The summed E-state index contributed by atoms with van der Waals surface area (Å²) in [6.45, 7) is 0. The fourth-order valence-corrected chi connectivity index (χ4v) is 5.19. The summed E-state index contributed by atoms with van der Waals surface area (Å²) >= 11 is 6.56. The molecular formula is C24H16Br2N2O7S. The van der Waals surface area contributed by atoms with Crippen LogP contribution in [0.25, 0.3) is 6.08 Å². The number of nitrogens with zero attached hydrogens (tertiary/aromatic N) is 1. The fraction of sp³-hybridized carbons (Fsp3) is 0.0417. The molecule has 0 aliphatic carbocycles. The molecule has 0 bridgehead atoms. The number of urea groups is 1. The molecule has 1 saturated heterocycles. The Kier molecular flexibility index (Phi) is 7.29. The normalized spacial score (nSPS) is 15.1. The van der Waals surface area contributed by atoms with Gasteiger partial charge in [0.15, 0.2) is 11.5 Å². The average Bonchev–Trinajstić information content (AvgIpc) is 2.84. The molecule has 1 aliphatic rings. The maximum Gasteiger partial charge on any atom is 0.339 e. The number of carbonyl (C=O) groups excluding carboxylic acids is 3. The summed E-state index contributed by atoms with van der Waals surface area (Å²) in [7, 11) is -2.85. The Morgan fingerprint density at radius 3 is 2.25 bits per heavy atom. The Morgan fingerprint density at radius 2 is 1.61 bits per heavy atom. The third-order valence-corrected chi connectivity index (χ3v) is 7.33. The van der Waals surface area contributed by atoms with Crippen LogP contribution >= 0.6 is 31.9 Å². The van der Waals surface area contributed by atoms with Crippen LogP contribution < -0.4 is 19.1 Å². The highest BCUT2D eigenvalue weighted by Crippen LogP contribution is 2.39. The van der Waals surface area contributed by atoms with Crippen LogP contribution in [0, 0.1) is 0 Å². The molecule has 0 aromatic heterocycles. The van der Waals surface area contributed by atoms with Gasteiger partial charge in [-0.2, -0.15) is 8.42 Å². The van der Waals surface area contributed by atoms with E-state index >= 15 is 0 Å². The Hall–Kier alpha value is -3.48. The fourth-order valence-electron chi connectivity index (χ4n) is 3.30. The van der Waals surface area contributed by atoms with Crippen molar-refractivity contribution in [2.45, 2.75) is 4.90 Å². The second-order valence-electron chi connectivity index (χ2n) is 7.32. The van der Waals surface area contributed by atoms with E-state index < -0.39 is 28.0 Å².